The van der Waals surface area contributed by atoms with Crippen LogP contribution in [0.25, 0.3) is 0 Å². The Kier molecular flexibility index (Phi) is 4.07. The number of hydrogen-bond acceptors (Lipinski definition) is 4. The van der Waals surface area contributed by atoms with Crippen molar-refractivity contribution in [1.82, 2.24) is 5.32 Å². The minimum absolute atomic E-state index is 0.137. The average Bonchev–Trinajstić information content (AvgIpc) is 2.88. The van der Waals surface area contributed by atoms with E-state index in [9.17, 15) is 8.42 Å². The molecular formula is C14H17NO3S. The molecule has 4 nitrogen and oxygen atoms in total. The van der Waals surface area contributed by atoms with Crippen LogP contribution in [0.1, 0.15) is 24.3 Å². The van der Waals surface area contributed by atoms with Gasteiger partial charge in [-0.1, -0.05) is 19.1 Å². The second-order valence-corrected chi connectivity index (χ2v) is 6.37. The fourth-order valence-corrected chi connectivity index (χ4v) is 2.64. The molecule has 1 aromatic heterocycles. The lowest BCUT2D eigenvalue weighted by Gasteiger charge is -2.16. The van der Waals surface area contributed by atoms with Crippen molar-refractivity contribution in [3.63, 3.8) is 0 Å². The average molecular weight is 279 g/mol. The summed E-state index contributed by atoms with van der Waals surface area (Å²) in [5.41, 5.74) is 0.875. The van der Waals surface area contributed by atoms with Crippen LogP contribution in [-0.2, 0) is 9.84 Å². The van der Waals surface area contributed by atoms with E-state index in [1.54, 1.807) is 24.5 Å². The molecule has 0 aliphatic carbocycles. The third-order valence-electron chi connectivity index (χ3n) is 2.86. The van der Waals surface area contributed by atoms with E-state index in [-0.39, 0.29) is 6.04 Å². The van der Waals surface area contributed by atoms with Crippen LogP contribution in [0.5, 0.6) is 0 Å². The van der Waals surface area contributed by atoms with Crippen LogP contribution >= 0.6 is 0 Å². The summed E-state index contributed by atoms with van der Waals surface area (Å²) in [6.07, 6.45) is 2.82. The smallest absolute Gasteiger partial charge is 0.175 e. The van der Waals surface area contributed by atoms with Gasteiger partial charge in [0.1, 0.15) is 5.76 Å². The van der Waals surface area contributed by atoms with Gasteiger partial charge in [0.15, 0.2) is 9.84 Å². The molecule has 2 rings (SSSR count). The van der Waals surface area contributed by atoms with Gasteiger partial charge < -0.3 is 9.73 Å². The van der Waals surface area contributed by atoms with Crippen molar-refractivity contribution in [2.24, 2.45) is 0 Å². The molecule has 102 valence electrons. The second-order valence-electron chi connectivity index (χ2n) is 4.35. The highest BCUT2D eigenvalue weighted by atomic mass is 32.2. The third kappa shape index (κ3) is 3.24. The van der Waals surface area contributed by atoms with Crippen molar-refractivity contribution in [1.29, 1.82) is 0 Å². The summed E-state index contributed by atoms with van der Waals surface area (Å²) in [6, 6.07) is 10.5. The molecule has 0 radical (unpaired) electrons. The third-order valence-corrected chi connectivity index (χ3v) is 3.97. The van der Waals surface area contributed by atoms with Crippen LogP contribution in [0.2, 0.25) is 0 Å². The minimum atomic E-state index is -3.20. The Morgan fingerprint density at radius 1 is 1.26 bits per heavy atom. The first-order valence-corrected chi connectivity index (χ1v) is 7.98. The Hall–Kier alpha value is -1.59. The maximum Gasteiger partial charge on any atom is 0.175 e. The first-order chi connectivity index (χ1) is 9.02. The minimum Gasteiger partial charge on any atom is -0.467 e. The van der Waals surface area contributed by atoms with E-state index in [0.29, 0.717) is 4.90 Å². The van der Waals surface area contributed by atoms with Crippen LogP contribution in [0.3, 0.4) is 0 Å². The molecule has 0 bridgehead atoms. The van der Waals surface area contributed by atoms with Crippen molar-refractivity contribution >= 4 is 9.84 Å². The van der Waals surface area contributed by atoms with Crippen molar-refractivity contribution < 1.29 is 12.8 Å². The fourth-order valence-electron chi connectivity index (χ4n) is 1.97. The van der Waals surface area contributed by atoms with Gasteiger partial charge >= 0.3 is 0 Å². The normalized spacial score (nSPS) is 13.4. The molecule has 0 spiro atoms. The molecule has 5 heteroatoms. The summed E-state index contributed by atoms with van der Waals surface area (Å²) in [5.74, 6) is 0.771. The highest BCUT2D eigenvalue weighted by molar-refractivity contribution is 7.90. The maximum atomic E-state index is 11.6. The van der Waals surface area contributed by atoms with Crippen LogP contribution < -0.4 is 5.32 Å². The predicted molar refractivity (Wildman–Crippen MR) is 73.8 cm³/mol. The molecule has 0 saturated carbocycles. The number of nitrogens with one attached hydrogen (secondary N) is 1. The van der Waals surface area contributed by atoms with Crippen LogP contribution in [0.15, 0.2) is 52.0 Å². The van der Waals surface area contributed by atoms with Gasteiger partial charge in [0, 0.05) is 6.26 Å². The summed E-state index contributed by atoms with van der Waals surface area (Å²) < 4.78 is 28.6. The van der Waals surface area contributed by atoms with E-state index in [1.165, 1.54) is 6.26 Å². The Balaban J connectivity index is 2.43. The molecule has 0 aliphatic rings. The first kappa shape index (κ1) is 13.8. The lowest BCUT2D eigenvalue weighted by molar-refractivity contribution is 0.452. The summed E-state index contributed by atoms with van der Waals surface area (Å²) in [7, 11) is -3.20. The largest absolute Gasteiger partial charge is 0.467 e. The van der Waals surface area contributed by atoms with Gasteiger partial charge in [-0.15, -0.1) is 0 Å². The predicted octanol–water partition coefficient (Wildman–Crippen LogP) is 2.38. The van der Waals surface area contributed by atoms with Crippen LogP contribution in [0, 0.1) is 0 Å². The van der Waals surface area contributed by atoms with Crippen molar-refractivity contribution in [2.75, 3.05) is 12.8 Å². The lowest BCUT2D eigenvalue weighted by atomic mass is 10.0. The summed E-state index contributed by atoms with van der Waals surface area (Å²) >= 11 is 0. The Bertz CT molecular complexity index is 632. The zero-order valence-corrected chi connectivity index (χ0v) is 11.8. The van der Waals surface area contributed by atoms with Crippen molar-refractivity contribution in [2.45, 2.75) is 17.9 Å². The lowest BCUT2D eigenvalue weighted by Crippen LogP contribution is -2.21. The summed E-state index contributed by atoms with van der Waals surface area (Å²) in [5, 5.41) is 3.29. The SMILES string of the molecule is CCNC(c1cccc(S(C)(=O)=O)c1)c1ccco1. The highest BCUT2D eigenvalue weighted by Gasteiger charge is 2.17. The van der Waals surface area contributed by atoms with Crippen LogP contribution in [-0.4, -0.2) is 21.2 Å². The van der Waals surface area contributed by atoms with Crippen molar-refractivity contribution in [3.8, 4) is 0 Å². The van der Waals surface area contributed by atoms with Gasteiger partial charge in [0.2, 0.25) is 0 Å². The number of furan rings is 1. The number of sulfone groups is 1. The zero-order valence-electron chi connectivity index (χ0n) is 11.0. The van der Waals surface area contributed by atoms with E-state index in [4.69, 9.17) is 4.42 Å². The standard InChI is InChI=1S/C14H17NO3S/c1-3-15-14(13-8-5-9-18-13)11-6-4-7-12(10-11)19(2,16)17/h4-10,14-15H,3H2,1-2H3. The summed E-state index contributed by atoms with van der Waals surface area (Å²) in [4.78, 5) is 0.319. The molecule has 0 amide bonds. The van der Waals surface area contributed by atoms with E-state index >= 15 is 0 Å². The molecule has 0 fully saturated rings. The van der Waals surface area contributed by atoms with Gasteiger partial charge in [0.25, 0.3) is 0 Å². The Labute approximate surface area is 113 Å². The molecule has 0 saturated heterocycles. The highest BCUT2D eigenvalue weighted by Crippen LogP contribution is 2.24. The number of hydrogen-bond donors (Lipinski definition) is 1. The molecule has 1 atom stereocenters. The monoisotopic (exact) mass is 279 g/mol. The maximum absolute atomic E-state index is 11.6. The van der Waals surface area contributed by atoms with Crippen molar-refractivity contribution in [3.05, 3.63) is 54.0 Å². The van der Waals surface area contributed by atoms with Gasteiger partial charge in [-0.25, -0.2) is 8.42 Å². The molecule has 1 aromatic carbocycles. The van der Waals surface area contributed by atoms with E-state index in [0.717, 1.165) is 17.9 Å². The number of benzene rings is 1. The molecule has 0 aliphatic heterocycles. The Morgan fingerprint density at radius 2 is 2.05 bits per heavy atom. The molecule has 2 aromatic rings. The zero-order chi connectivity index (χ0) is 13.9. The van der Waals surface area contributed by atoms with Gasteiger partial charge in [-0.05, 0) is 36.4 Å². The molecular weight excluding hydrogens is 262 g/mol. The van der Waals surface area contributed by atoms with E-state index in [2.05, 4.69) is 5.32 Å². The molecule has 1 N–H and O–H groups in total. The molecule has 19 heavy (non-hydrogen) atoms. The molecule has 1 heterocycles. The van der Waals surface area contributed by atoms with E-state index in [1.807, 2.05) is 25.1 Å². The van der Waals surface area contributed by atoms with E-state index < -0.39 is 9.84 Å². The molecule has 1 unspecified atom stereocenters. The quantitative estimate of drug-likeness (QED) is 0.913. The van der Waals surface area contributed by atoms with Gasteiger partial charge in [0.05, 0.1) is 17.2 Å². The topological polar surface area (TPSA) is 59.3 Å². The summed E-state index contributed by atoms with van der Waals surface area (Å²) in [6.45, 7) is 2.75. The number of rotatable bonds is 5. The first-order valence-electron chi connectivity index (χ1n) is 6.09. The van der Waals surface area contributed by atoms with Gasteiger partial charge in [-0.3, -0.25) is 0 Å². The fraction of sp³-hybridized carbons (Fsp3) is 0.286. The second kappa shape index (κ2) is 5.59. The van der Waals surface area contributed by atoms with Crippen LogP contribution in [0.4, 0.5) is 0 Å². The Morgan fingerprint density at radius 3 is 2.63 bits per heavy atom. The van der Waals surface area contributed by atoms with Gasteiger partial charge in [-0.2, -0.15) is 0 Å².